The third-order valence-electron chi connectivity index (χ3n) is 3.50. The lowest BCUT2D eigenvalue weighted by molar-refractivity contribution is -0.384. The zero-order valence-electron chi connectivity index (χ0n) is 13.0. The molecule has 1 aromatic carbocycles. The highest BCUT2D eigenvalue weighted by Crippen LogP contribution is 2.35. The first-order chi connectivity index (χ1) is 11.2. The number of nitro groups is 1. The molecular weight excluding hydrogens is 343 g/mol. The first-order valence-corrected chi connectivity index (χ1v) is 7.87. The van der Waals surface area contributed by atoms with Crippen molar-refractivity contribution in [3.8, 4) is 0 Å². The molecule has 0 radical (unpaired) electrons. The average molecular weight is 359 g/mol. The van der Waals surface area contributed by atoms with Gasteiger partial charge in [-0.15, -0.1) is 11.3 Å². The third kappa shape index (κ3) is 4.24. The van der Waals surface area contributed by atoms with Crippen molar-refractivity contribution in [1.82, 2.24) is 4.90 Å². The topological polar surface area (TPSA) is 58.4 Å². The fraction of sp³-hybridized carbons (Fsp3) is 0.333. The number of likely N-dealkylation sites (N-methyl/N-ethyl adjacent to an activating group) is 1. The molecule has 9 heteroatoms. The van der Waals surface area contributed by atoms with E-state index in [1.807, 2.05) is 36.5 Å². The third-order valence-corrected chi connectivity index (χ3v) is 4.48. The van der Waals surface area contributed by atoms with Crippen LogP contribution in [0.5, 0.6) is 0 Å². The molecule has 0 aliphatic carbocycles. The van der Waals surface area contributed by atoms with E-state index in [1.54, 1.807) is 11.3 Å². The van der Waals surface area contributed by atoms with Crippen LogP contribution >= 0.6 is 11.3 Å². The molecule has 24 heavy (non-hydrogen) atoms. The van der Waals surface area contributed by atoms with Gasteiger partial charge in [0.1, 0.15) is 5.69 Å². The summed E-state index contributed by atoms with van der Waals surface area (Å²) in [6.45, 7) is 0.333. The van der Waals surface area contributed by atoms with E-state index in [0.29, 0.717) is 12.6 Å². The number of nitrogens with one attached hydrogen (secondary N) is 1. The van der Waals surface area contributed by atoms with Gasteiger partial charge in [0.15, 0.2) is 0 Å². The normalized spacial score (nSPS) is 13.1. The number of thiophene rings is 1. The van der Waals surface area contributed by atoms with Crippen LogP contribution < -0.4 is 5.32 Å². The van der Waals surface area contributed by atoms with Gasteiger partial charge in [-0.25, -0.2) is 0 Å². The standard InChI is InChI=1S/C15H16F3N3O2S/c1-20(2)13(14-4-3-7-24-14)9-19-11-6-5-10(15(16,17)18)8-12(11)21(22)23/h3-8,13,19H,9H2,1-2H3. The summed E-state index contributed by atoms with van der Waals surface area (Å²) in [4.78, 5) is 13.3. The number of hydrogen-bond acceptors (Lipinski definition) is 5. The van der Waals surface area contributed by atoms with Crippen molar-refractivity contribution in [2.24, 2.45) is 0 Å². The Morgan fingerprint density at radius 3 is 2.54 bits per heavy atom. The molecule has 1 heterocycles. The molecule has 2 aromatic rings. The van der Waals surface area contributed by atoms with Crippen molar-refractivity contribution in [3.05, 3.63) is 56.3 Å². The maximum atomic E-state index is 12.7. The Bertz CT molecular complexity index is 702. The predicted octanol–water partition coefficient (Wildman–Crippen LogP) is 4.39. The van der Waals surface area contributed by atoms with E-state index in [2.05, 4.69) is 5.32 Å². The highest BCUT2D eigenvalue weighted by molar-refractivity contribution is 7.10. The van der Waals surface area contributed by atoms with Crippen molar-refractivity contribution < 1.29 is 18.1 Å². The molecule has 0 saturated carbocycles. The molecule has 130 valence electrons. The Balaban J connectivity index is 2.24. The minimum Gasteiger partial charge on any atom is -0.378 e. The van der Waals surface area contributed by atoms with Crippen molar-refractivity contribution in [2.45, 2.75) is 12.2 Å². The van der Waals surface area contributed by atoms with Gasteiger partial charge in [-0.1, -0.05) is 6.07 Å². The van der Waals surface area contributed by atoms with Crippen molar-refractivity contribution in [3.63, 3.8) is 0 Å². The Morgan fingerprint density at radius 2 is 2.04 bits per heavy atom. The van der Waals surface area contributed by atoms with Crippen LogP contribution in [0, 0.1) is 10.1 Å². The van der Waals surface area contributed by atoms with E-state index in [4.69, 9.17) is 0 Å². The Hall–Kier alpha value is -2.13. The zero-order valence-corrected chi connectivity index (χ0v) is 13.8. The first kappa shape index (κ1) is 18.2. The van der Waals surface area contributed by atoms with Crippen LogP contribution in [0.4, 0.5) is 24.5 Å². The van der Waals surface area contributed by atoms with E-state index >= 15 is 0 Å². The van der Waals surface area contributed by atoms with E-state index < -0.39 is 22.4 Å². The molecule has 1 aromatic heterocycles. The van der Waals surface area contributed by atoms with Gasteiger partial charge in [0, 0.05) is 17.5 Å². The largest absolute Gasteiger partial charge is 0.416 e. The van der Waals surface area contributed by atoms with Crippen molar-refractivity contribution in [1.29, 1.82) is 0 Å². The Kier molecular flexibility index (Phi) is 5.45. The van der Waals surface area contributed by atoms with Gasteiger partial charge < -0.3 is 10.2 Å². The Labute approximate surface area is 140 Å². The quantitative estimate of drug-likeness (QED) is 0.614. The van der Waals surface area contributed by atoms with E-state index in [0.717, 1.165) is 17.0 Å². The van der Waals surface area contributed by atoms with Crippen molar-refractivity contribution in [2.75, 3.05) is 26.0 Å². The first-order valence-electron chi connectivity index (χ1n) is 6.99. The summed E-state index contributed by atoms with van der Waals surface area (Å²) < 4.78 is 38.2. The monoisotopic (exact) mass is 359 g/mol. The lowest BCUT2D eigenvalue weighted by atomic mass is 10.1. The van der Waals surface area contributed by atoms with Crippen LogP contribution in [0.1, 0.15) is 16.5 Å². The maximum Gasteiger partial charge on any atom is 0.416 e. The molecule has 2 rings (SSSR count). The molecule has 0 spiro atoms. The van der Waals surface area contributed by atoms with E-state index in [1.165, 1.54) is 0 Å². The summed E-state index contributed by atoms with van der Waals surface area (Å²) in [5, 5.41) is 15.9. The lowest BCUT2D eigenvalue weighted by Crippen LogP contribution is -2.26. The second-order valence-corrected chi connectivity index (χ2v) is 6.34. The lowest BCUT2D eigenvalue weighted by Gasteiger charge is -2.24. The van der Waals surface area contributed by atoms with Gasteiger partial charge in [-0.2, -0.15) is 13.2 Å². The average Bonchev–Trinajstić information content (AvgIpc) is 3.00. The summed E-state index contributed by atoms with van der Waals surface area (Å²) >= 11 is 1.55. The summed E-state index contributed by atoms with van der Waals surface area (Å²) in [5.41, 5.74) is -1.56. The van der Waals surface area contributed by atoms with Gasteiger partial charge >= 0.3 is 6.18 Å². The molecular formula is C15H16F3N3O2S. The van der Waals surface area contributed by atoms with Crippen LogP contribution in [-0.2, 0) is 6.18 Å². The molecule has 0 saturated heterocycles. The van der Waals surface area contributed by atoms with Crippen LogP contribution in [0.2, 0.25) is 0 Å². The van der Waals surface area contributed by atoms with Gasteiger partial charge in [0.2, 0.25) is 0 Å². The zero-order chi connectivity index (χ0) is 17.9. The summed E-state index contributed by atoms with van der Waals surface area (Å²) in [7, 11) is 3.74. The van der Waals surface area contributed by atoms with Crippen molar-refractivity contribution >= 4 is 22.7 Å². The highest BCUT2D eigenvalue weighted by Gasteiger charge is 2.33. The number of benzene rings is 1. The molecule has 1 unspecified atom stereocenters. The maximum absolute atomic E-state index is 12.7. The Morgan fingerprint density at radius 1 is 1.33 bits per heavy atom. The number of halogens is 3. The summed E-state index contributed by atoms with van der Waals surface area (Å²) in [6, 6.07) is 6.28. The van der Waals surface area contributed by atoms with Gasteiger partial charge in [-0.3, -0.25) is 10.1 Å². The summed E-state index contributed by atoms with van der Waals surface area (Å²) in [5.74, 6) is 0. The summed E-state index contributed by atoms with van der Waals surface area (Å²) in [6.07, 6.45) is -4.62. The van der Waals surface area contributed by atoms with Crippen LogP contribution in [-0.4, -0.2) is 30.5 Å². The molecule has 1 atom stereocenters. The van der Waals surface area contributed by atoms with Crippen LogP contribution in [0.3, 0.4) is 0 Å². The number of alkyl halides is 3. The smallest absolute Gasteiger partial charge is 0.378 e. The molecule has 5 nitrogen and oxygen atoms in total. The number of nitro benzene ring substituents is 1. The van der Waals surface area contributed by atoms with Crippen LogP contribution in [0.15, 0.2) is 35.7 Å². The van der Waals surface area contributed by atoms with Gasteiger partial charge in [0.05, 0.1) is 16.5 Å². The highest BCUT2D eigenvalue weighted by atomic mass is 32.1. The van der Waals surface area contributed by atoms with Gasteiger partial charge in [0.25, 0.3) is 5.69 Å². The number of anilines is 1. The van der Waals surface area contributed by atoms with E-state index in [-0.39, 0.29) is 11.7 Å². The minimum absolute atomic E-state index is 0.0492. The van der Waals surface area contributed by atoms with Gasteiger partial charge in [-0.05, 0) is 37.7 Å². The van der Waals surface area contributed by atoms with Crippen LogP contribution in [0.25, 0.3) is 0 Å². The molecule has 1 N–H and O–H groups in total. The number of nitrogens with zero attached hydrogens (tertiary/aromatic N) is 2. The molecule has 0 aliphatic heterocycles. The number of rotatable bonds is 6. The fourth-order valence-corrected chi connectivity index (χ4v) is 3.16. The minimum atomic E-state index is -4.62. The molecule has 0 amide bonds. The molecule has 0 fully saturated rings. The second-order valence-electron chi connectivity index (χ2n) is 5.36. The second kappa shape index (κ2) is 7.18. The SMILES string of the molecule is CN(C)C(CNc1ccc(C(F)(F)F)cc1[N+](=O)[O-])c1cccs1. The predicted molar refractivity (Wildman–Crippen MR) is 87.3 cm³/mol. The van der Waals surface area contributed by atoms with E-state index in [9.17, 15) is 23.3 Å². The fourth-order valence-electron chi connectivity index (χ4n) is 2.23. The number of hydrogen-bond donors (Lipinski definition) is 1. The molecule has 0 aliphatic rings. The molecule has 0 bridgehead atoms.